The Kier molecular flexibility index (Phi) is 5.18. The molecule has 0 atom stereocenters. The molecule has 2 heterocycles. The van der Waals surface area contributed by atoms with Crippen molar-refractivity contribution in [1.29, 1.82) is 0 Å². The Balaban J connectivity index is 1.83. The Bertz CT molecular complexity index is 814. The minimum absolute atomic E-state index is 0.0277. The van der Waals surface area contributed by atoms with E-state index in [4.69, 9.17) is 4.74 Å². The Morgan fingerprint density at radius 1 is 1.21 bits per heavy atom. The predicted molar refractivity (Wildman–Crippen MR) is 92.8 cm³/mol. The van der Waals surface area contributed by atoms with E-state index >= 15 is 0 Å². The fourth-order valence-electron chi connectivity index (χ4n) is 2.53. The second-order valence-corrected chi connectivity index (χ2v) is 5.33. The molecule has 6 heteroatoms. The van der Waals surface area contributed by atoms with Crippen molar-refractivity contribution in [2.75, 3.05) is 18.5 Å². The van der Waals surface area contributed by atoms with Gasteiger partial charge in [0.1, 0.15) is 6.61 Å². The van der Waals surface area contributed by atoms with Gasteiger partial charge in [-0.25, -0.2) is 4.98 Å². The number of pyridine rings is 1. The third kappa shape index (κ3) is 3.78. The number of fused-ring (bicyclic) bond motifs is 1. The van der Waals surface area contributed by atoms with Gasteiger partial charge in [0.05, 0.1) is 11.0 Å². The van der Waals surface area contributed by atoms with Gasteiger partial charge in [0, 0.05) is 31.5 Å². The largest absolute Gasteiger partial charge is 0.372 e. The number of ether oxygens (including phenoxy) is 1. The number of benzene rings is 1. The van der Waals surface area contributed by atoms with Crippen molar-refractivity contribution in [3.63, 3.8) is 0 Å². The highest BCUT2D eigenvalue weighted by Crippen LogP contribution is 2.20. The predicted octanol–water partition coefficient (Wildman–Crippen LogP) is 2.65. The van der Waals surface area contributed by atoms with Gasteiger partial charge in [-0.1, -0.05) is 18.2 Å². The summed E-state index contributed by atoms with van der Waals surface area (Å²) in [6, 6.07) is 13.7. The van der Waals surface area contributed by atoms with Gasteiger partial charge >= 0.3 is 0 Å². The number of carbonyl (C=O) groups is 1. The maximum atomic E-state index is 12.0. The molecule has 0 saturated heterocycles. The van der Waals surface area contributed by atoms with Gasteiger partial charge in [-0.15, -0.1) is 0 Å². The van der Waals surface area contributed by atoms with Gasteiger partial charge in [0.2, 0.25) is 5.95 Å². The molecule has 6 nitrogen and oxygen atoms in total. The zero-order valence-corrected chi connectivity index (χ0v) is 13.6. The molecule has 0 fully saturated rings. The minimum atomic E-state index is -0.203. The normalized spacial score (nSPS) is 10.9. The summed E-state index contributed by atoms with van der Waals surface area (Å²) < 4.78 is 7.16. The number of imidazole rings is 1. The molecule has 0 aliphatic rings. The molecular weight excluding hydrogens is 304 g/mol. The number of nitrogens with one attached hydrogen (secondary N) is 1. The van der Waals surface area contributed by atoms with E-state index in [1.165, 1.54) is 0 Å². The van der Waals surface area contributed by atoms with Crippen LogP contribution in [0.25, 0.3) is 11.0 Å². The fourth-order valence-corrected chi connectivity index (χ4v) is 2.53. The van der Waals surface area contributed by atoms with Crippen molar-refractivity contribution in [1.82, 2.24) is 14.5 Å². The topological polar surface area (TPSA) is 69.0 Å². The summed E-state index contributed by atoms with van der Waals surface area (Å²) in [5.74, 6) is 0.336. The Morgan fingerprint density at radius 3 is 2.83 bits per heavy atom. The number of nitrogens with zero attached hydrogens (tertiary/aromatic N) is 3. The first-order valence-corrected chi connectivity index (χ1v) is 8.00. The highest BCUT2D eigenvalue weighted by atomic mass is 16.5. The molecule has 0 unspecified atom stereocenters. The molecule has 0 spiro atoms. The van der Waals surface area contributed by atoms with Gasteiger partial charge in [0.25, 0.3) is 5.91 Å². The van der Waals surface area contributed by atoms with E-state index in [1.807, 2.05) is 54.0 Å². The average Bonchev–Trinajstić information content (AvgIpc) is 2.96. The molecular formula is C18H20N4O2. The molecule has 1 aromatic carbocycles. The third-order valence-electron chi connectivity index (χ3n) is 3.66. The van der Waals surface area contributed by atoms with Crippen LogP contribution in [0, 0.1) is 0 Å². The van der Waals surface area contributed by atoms with E-state index in [2.05, 4.69) is 15.3 Å². The smallest absolute Gasteiger partial charge is 0.252 e. The second kappa shape index (κ2) is 7.70. The highest BCUT2D eigenvalue weighted by molar-refractivity contribution is 5.92. The first-order chi connectivity index (χ1) is 11.8. The summed E-state index contributed by atoms with van der Waals surface area (Å²) in [4.78, 5) is 20.8. The number of carbonyl (C=O) groups excluding carboxylic acids is 1. The summed E-state index contributed by atoms with van der Waals surface area (Å²) in [5.41, 5.74) is 2.84. The molecule has 0 saturated carbocycles. The summed E-state index contributed by atoms with van der Waals surface area (Å²) in [6.07, 6.45) is 2.54. The molecule has 2 aromatic heterocycles. The molecule has 1 amide bonds. The lowest BCUT2D eigenvalue weighted by Gasteiger charge is -2.10. The molecule has 0 aliphatic heterocycles. The monoisotopic (exact) mass is 324 g/mol. The van der Waals surface area contributed by atoms with Crippen molar-refractivity contribution in [3.8, 4) is 0 Å². The Morgan fingerprint density at radius 2 is 2.04 bits per heavy atom. The van der Waals surface area contributed by atoms with E-state index in [1.54, 1.807) is 6.20 Å². The molecule has 0 aliphatic carbocycles. The molecule has 1 N–H and O–H groups in total. The van der Waals surface area contributed by atoms with Crippen LogP contribution in [-0.4, -0.2) is 33.7 Å². The standard InChI is InChI=1S/C18H20N4O2/c1-2-24-13-17(23)21-18-20-15-8-3-4-9-16(15)22(18)12-10-14-7-5-6-11-19-14/h3-9,11H,2,10,12-13H2,1H3,(H,20,21,23). The average molecular weight is 324 g/mol. The second-order valence-electron chi connectivity index (χ2n) is 5.33. The zero-order chi connectivity index (χ0) is 16.8. The van der Waals surface area contributed by atoms with Gasteiger partial charge in [-0.05, 0) is 31.2 Å². The lowest BCUT2D eigenvalue weighted by molar-refractivity contribution is -0.120. The van der Waals surface area contributed by atoms with Crippen LogP contribution in [-0.2, 0) is 22.5 Å². The fraction of sp³-hybridized carbons (Fsp3) is 0.278. The number of hydrogen-bond acceptors (Lipinski definition) is 4. The minimum Gasteiger partial charge on any atom is -0.372 e. The number of rotatable bonds is 7. The highest BCUT2D eigenvalue weighted by Gasteiger charge is 2.13. The number of amides is 1. The third-order valence-corrected chi connectivity index (χ3v) is 3.66. The van der Waals surface area contributed by atoms with Crippen LogP contribution in [0.5, 0.6) is 0 Å². The van der Waals surface area contributed by atoms with Crippen molar-refractivity contribution in [2.45, 2.75) is 19.9 Å². The van der Waals surface area contributed by atoms with E-state index < -0.39 is 0 Å². The maximum absolute atomic E-state index is 12.0. The number of para-hydroxylation sites is 2. The summed E-state index contributed by atoms with van der Waals surface area (Å²) >= 11 is 0. The molecule has 124 valence electrons. The maximum Gasteiger partial charge on any atom is 0.252 e. The van der Waals surface area contributed by atoms with Gasteiger partial charge in [-0.2, -0.15) is 0 Å². The van der Waals surface area contributed by atoms with E-state index in [0.717, 1.165) is 23.1 Å². The lowest BCUT2D eigenvalue weighted by Crippen LogP contribution is -2.21. The molecule has 3 rings (SSSR count). The van der Waals surface area contributed by atoms with Crippen LogP contribution < -0.4 is 5.32 Å². The number of hydrogen-bond donors (Lipinski definition) is 1. The zero-order valence-electron chi connectivity index (χ0n) is 13.6. The molecule has 24 heavy (non-hydrogen) atoms. The first kappa shape index (κ1) is 16.1. The summed E-state index contributed by atoms with van der Waals surface area (Å²) in [5, 5.41) is 2.84. The van der Waals surface area contributed by atoms with Crippen LogP contribution >= 0.6 is 0 Å². The molecule has 3 aromatic rings. The van der Waals surface area contributed by atoms with Crippen molar-refractivity contribution >= 4 is 22.9 Å². The van der Waals surface area contributed by atoms with Gasteiger partial charge in [0.15, 0.2) is 0 Å². The van der Waals surface area contributed by atoms with Crippen LogP contribution in [0.3, 0.4) is 0 Å². The van der Waals surface area contributed by atoms with Crippen molar-refractivity contribution < 1.29 is 9.53 Å². The summed E-state index contributed by atoms with van der Waals surface area (Å²) in [6.45, 7) is 3.07. The SMILES string of the molecule is CCOCC(=O)Nc1nc2ccccc2n1CCc1ccccn1. The van der Waals surface area contributed by atoms with Crippen LogP contribution in [0.4, 0.5) is 5.95 Å². The van der Waals surface area contributed by atoms with Crippen LogP contribution in [0.1, 0.15) is 12.6 Å². The van der Waals surface area contributed by atoms with Crippen molar-refractivity contribution in [3.05, 3.63) is 54.4 Å². The van der Waals surface area contributed by atoms with Crippen LogP contribution in [0.15, 0.2) is 48.7 Å². The number of anilines is 1. The Labute approximate surface area is 140 Å². The first-order valence-electron chi connectivity index (χ1n) is 8.00. The van der Waals surface area contributed by atoms with E-state index in [-0.39, 0.29) is 12.5 Å². The molecule has 0 bridgehead atoms. The molecule has 0 radical (unpaired) electrons. The number of aromatic nitrogens is 3. The quantitative estimate of drug-likeness (QED) is 0.725. The van der Waals surface area contributed by atoms with Gasteiger partial charge in [-0.3, -0.25) is 15.1 Å². The summed E-state index contributed by atoms with van der Waals surface area (Å²) in [7, 11) is 0. The Hall–Kier alpha value is -2.73. The van der Waals surface area contributed by atoms with Crippen molar-refractivity contribution in [2.24, 2.45) is 0 Å². The lowest BCUT2D eigenvalue weighted by atomic mass is 10.2. The van der Waals surface area contributed by atoms with E-state index in [0.29, 0.717) is 19.1 Å². The van der Waals surface area contributed by atoms with Crippen LogP contribution in [0.2, 0.25) is 0 Å². The number of aryl methyl sites for hydroxylation is 2. The van der Waals surface area contributed by atoms with Gasteiger partial charge < -0.3 is 9.30 Å². The van der Waals surface area contributed by atoms with E-state index in [9.17, 15) is 4.79 Å².